The third-order valence-corrected chi connectivity index (χ3v) is 7.26. The Morgan fingerprint density at radius 2 is 2.03 bits per heavy atom. The molecule has 0 spiro atoms. The predicted octanol–water partition coefficient (Wildman–Crippen LogP) is 4.69. The molecule has 0 unspecified atom stereocenters. The summed E-state index contributed by atoms with van der Waals surface area (Å²) in [6.45, 7) is 7.59. The highest BCUT2D eigenvalue weighted by atomic mass is 32.1. The zero-order chi connectivity index (χ0) is 22.8. The van der Waals surface area contributed by atoms with E-state index in [0.29, 0.717) is 5.56 Å². The highest BCUT2D eigenvalue weighted by molar-refractivity contribution is 7.19. The molecule has 3 aromatic heterocycles. The van der Waals surface area contributed by atoms with Crippen molar-refractivity contribution in [2.75, 3.05) is 45.1 Å². The molecule has 6 nitrogen and oxygen atoms in total. The molecule has 0 saturated carbocycles. The number of rotatable bonds is 4. The average molecular weight is 455 g/mol. The lowest BCUT2D eigenvalue weighted by Gasteiger charge is -2.31. The van der Waals surface area contributed by atoms with Crippen LogP contribution in [0.25, 0.3) is 21.1 Å². The quantitative estimate of drug-likeness (QED) is 0.438. The number of anilines is 2. The van der Waals surface area contributed by atoms with Gasteiger partial charge in [-0.05, 0) is 43.8 Å². The number of likely N-dealkylation sites (N-methyl/N-ethyl adjacent to an activating group) is 1. The van der Waals surface area contributed by atoms with E-state index in [1.165, 1.54) is 5.39 Å². The maximum absolute atomic E-state index is 9.72. The van der Waals surface area contributed by atoms with Gasteiger partial charge in [0, 0.05) is 73.5 Å². The molecule has 7 heteroatoms. The summed E-state index contributed by atoms with van der Waals surface area (Å²) in [6.07, 6.45) is 4.45. The lowest BCUT2D eigenvalue weighted by atomic mass is 10.1. The van der Waals surface area contributed by atoms with E-state index in [0.717, 1.165) is 76.7 Å². The summed E-state index contributed by atoms with van der Waals surface area (Å²) in [4.78, 5) is 14.5. The number of fused-ring (bicyclic) bond motifs is 2. The first-order chi connectivity index (χ1) is 16.1. The number of nitrogens with zero attached hydrogens (tertiary/aromatic N) is 4. The minimum atomic E-state index is 0.531. The largest absolute Gasteiger partial charge is 0.361 e. The molecular weight excluding hydrogens is 428 g/mol. The molecule has 4 heterocycles. The number of hydrogen-bond acceptors (Lipinski definition) is 6. The van der Waals surface area contributed by atoms with Crippen molar-refractivity contribution in [3.63, 3.8) is 0 Å². The summed E-state index contributed by atoms with van der Waals surface area (Å²) < 4.78 is 0. The van der Waals surface area contributed by atoms with Crippen LogP contribution in [0.1, 0.15) is 22.4 Å². The van der Waals surface area contributed by atoms with Gasteiger partial charge in [0.05, 0.1) is 16.1 Å². The van der Waals surface area contributed by atoms with Crippen molar-refractivity contribution in [1.82, 2.24) is 19.8 Å². The summed E-state index contributed by atoms with van der Waals surface area (Å²) in [7, 11) is 2.17. The number of nitrogens with one attached hydrogen (secondary N) is 2. The van der Waals surface area contributed by atoms with E-state index in [-0.39, 0.29) is 0 Å². The first-order valence-electron chi connectivity index (χ1n) is 11.2. The smallest absolute Gasteiger partial charge is 0.126 e. The van der Waals surface area contributed by atoms with Crippen molar-refractivity contribution >= 4 is 43.8 Å². The number of nitriles is 1. The van der Waals surface area contributed by atoms with Gasteiger partial charge in [-0.3, -0.25) is 4.90 Å². The SMILES string of the molecule is Cc1c(Nc2c(C#N)cnc3sc(C#CCCN4CCN(C)CC4)cc23)ccc2[nH]ccc12. The minimum absolute atomic E-state index is 0.531. The monoisotopic (exact) mass is 454 g/mol. The summed E-state index contributed by atoms with van der Waals surface area (Å²) >= 11 is 1.58. The minimum Gasteiger partial charge on any atom is -0.361 e. The first-order valence-corrected chi connectivity index (χ1v) is 12.0. The van der Waals surface area contributed by atoms with Gasteiger partial charge in [-0.25, -0.2) is 4.98 Å². The van der Waals surface area contributed by atoms with Gasteiger partial charge in [0.1, 0.15) is 10.9 Å². The van der Waals surface area contributed by atoms with Crippen molar-refractivity contribution in [2.45, 2.75) is 13.3 Å². The van der Waals surface area contributed by atoms with Gasteiger partial charge < -0.3 is 15.2 Å². The third kappa shape index (κ3) is 4.44. The molecule has 1 aromatic carbocycles. The number of aromatic amines is 1. The van der Waals surface area contributed by atoms with E-state index in [2.05, 4.69) is 75.2 Å². The van der Waals surface area contributed by atoms with Crippen LogP contribution < -0.4 is 5.32 Å². The molecule has 1 aliphatic heterocycles. The highest BCUT2D eigenvalue weighted by Crippen LogP contribution is 2.35. The summed E-state index contributed by atoms with van der Waals surface area (Å²) in [6, 6.07) is 10.5. The van der Waals surface area contributed by atoms with Gasteiger partial charge in [-0.15, -0.1) is 11.3 Å². The number of piperazine rings is 1. The van der Waals surface area contributed by atoms with Crippen molar-refractivity contribution in [3.05, 3.63) is 52.7 Å². The molecule has 33 heavy (non-hydrogen) atoms. The van der Waals surface area contributed by atoms with Crippen LogP contribution in [0.2, 0.25) is 0 Å². The Labute approximate surface area is 197 Å². The fraction of sp³-hybridized carbons (Fsp3) is 0.308. The molecule has 0 radical (unpaired) electrons. The van der Waals surface area contributed by atoms with Gasteiger partial charge in [-0.1, -0.05) is 11.8 Å². The molecule has 1 aliphatic rings. The maximum Gasteiger partial charge on any atom is 0.126 e. The molecule has 2 N–H and O–H groups in total. The number of thiophene rings is 1. The first kappa shape index (κ1) is 21.5. The number of aryl methyl sites for hydroxylation is 1. The summed E-state index contributed by atoms with van der Waals surface area (Å²) in [5.74, 6) is 6.65. The van der Waals surface area contributed by atoms with Crippen molar-refractivity contribution in [2.24, 2.45) is 0 Å². The Bertz CT molecular complexity index is 1410. The summed E-state index contributed by atoms with van der Waals surface area (Å²) in [5.41, 5.74) is 4.55. The maximum atomic E-state index is 9.72. The molecule has 0 bridgehead atoms. The second kappa shape index (κ2) is 9.25. The zero-order valence-electron chi connectivity index (χ0n) is 18.9. The fourth-order valence-electron chi connectivity index (χ4n) is 4.26. The van der Waals surface area contributed by atoms with E-state index in [4.69, 9.17) is 0 Å². The third-order valence-electron chi connectivity index (χ3n) is 6.31. The van der Waals surface area contributed by atoms with E-state index in [1.807, 2.05) is 12.3 Å². The van der Waals surface area contributed by atoms with Gasteiger partial charge in [0.2, 0.25) is 0 Å². The molecule has 0 atom stereocenters. The number of aromatic nitrogens is 2. The Balaban J connectivity index is 1.39. The highest BCUT2D eigenvalue weighted by Gasteiger charge is 2.15. The Morgan fingerprint density at radius 3 is 2.85 bits per heavy atom. The number of pyridine rings is 1. The van der Waals surface area contributed by atoms with Crippen molar-refractivity contribution in [3.8, 4) is 17.9 Å². The predicted molar refractivity (Wildman–Crippen MR) is 136 cm³/mol. The van der Waals surface area contributed by atoms with Crippen LogP contribution in [0.5, 0.6) is 0 Å². The Kier molecular flexibility index (Phi) is 6.02. The number of hydrogen-bond donors (Lipinski definition) is 2. The standard InChI is InChI=1S/C26H26N6S/c1-18-21-8-9-28-24(21)7-6-23(18)30-25-19(16-27)17-29-26-22(25)15-20(33-26)5-3-4-10-32-13-11-31(2)12-14-32/h6-9,15,17,28H,4,10-14H2,1-2H3,(H,29,30). The van der Waals surface area contributed by atoms with Crippen molar-refractivity contribution in [1.29, 1.82) is 5.26 Å². The fourth-order valence-corrected chi connectivity index (χ4v) is 5.14. The van der Waals surface area contributed by atoms with E-state index in [1.54, 1.807) is 17.5 Å². The zero-order valence-corrected chi connectivity index (χ0v) is 19.7. The lowest BCUT2D eigenvalue weighted by molar-refractivity contribution is 0.157. The average Bonchev–Trinajstić information content (AvgIpc) is 3.47. The van der Waals surface area contributed by atoms with E-state index >= 15 is 0 Å². The topological polar surface area (TPSA) is 71.0 Å². The number of H-pyrrole nitrogens is 1. The van der Waals surface area contributed by atoms with Crippen molar-refractivity contribution < 1.29 is 0 Å². The van der Waals surface area contributed by atoms with Gasteiger partial charge in [0.15, 0.2) is 0 Å². The van der Waals surface area contributed by atoms with Crippen LogP contribution in [-0.2, 0) is 0 Å². The molecule has 1 saturated heterocycles. The number of benzene rings is 1. The van der Waals surface area contributed by atoms with Crippen LogP contribution in [0.15, 0.2) is 36.7 Å². The molecule has 1 fully saturated rings. The molecule has 4 aromatic rings. The Morgan fingerprint density at radius 1 is 1.18 bits per heavy atom. The Hall–Kier alpha value is -3.36. The van der Waals surface area contributed by atoms with E-state index < -0.39 is 0 Å². The normalized spacial score (nSPS) is 14.8. The van der Waals surface area contributed by atoms with Gasteiger partial charge in [0.25, 0.3) is 0 Å². The van der Waals surface area contributed by atoms with Crippen LogP contribution in [-0.4, -0.2) is 59.5 Å². The summed E-state index contributed by atoms with van der Waals surface area (Å²) in [5, 5.41) is 15.3. The lowest BCUT2D eigenvalue weighted by Crippen LogP contribution is -2.44. The van der Waals surface area contributed by atoms with Gasteiger partial charge in [-0.2, -0.15) is 5.26 Å². The molecule has 0 aliphatic carbocycles. The van der Waals surface area contributed by atoms with Crippen LogP contribution in [0.4, 0.5) is 11.4 Å². The molecule has 166 valence electrons. The molecule has 5 rings (SSSR count). The van der Waals surface area contributed by atoms with E-state index in [9.17, 15) is 5.26 Å². The van der Waals surface area contributed by atoms with Gasteiger partial charge >= 0.3 is 0 Å². The molecule has 0 amide bonds. The van der Waals surface area contributed by atoms with Crippen LogP contribution in [0.3, 0.4) is 0 Å². The molecular formula is C26H26N6S. The van der Waals surface area contributed by atoms with Crippen LogP contribution in [0, 0.1) is 30.1 Å². The van der Waals surface area contributed by atoms with Crippen LogP contribution >= 0.6 is 11.3 Å². The second-order valence-corrected chi connectivity index (χ2v) is 9.52. The second-order valence-electron chi connectivity index (χ2n) is 8.49.